The third-order valence-corrected chi connectivity index (χ3v) is 4.14. The van der Waals surface area contributed by atoms with Crippen LogP contribution in [0.2, 0.25) is 0 Å². The minimum atomic E-state index is -0.616. The van der Waals surface area contributed by atoms with Gasteiger partial charge in [0.25, 0.3) is 0 Å². The molecule has 1 aromatic rings. The molecule has 0 aliphatic heterocycles. The first-order valence-electron chi connectivity index (χ1n) is 6.46. The minimum absolute atomic E-state index is 0.217. The van der Waals surface area contributed by atoms with Crippen molar-refractivity contribution >= 4 is 0 Å². The Kier molecular flexibility index (Phi) is 3.53. The first kappa shape index (κ1) is 12.6. The fourth-order valence-corrected chi connectivity index (χ4v) is 2.91. The molecule has 1 fully saturated rings. The predicted octanol–water partition coefficient (Wildman–Crippen LogP) is 3.56. The second-order valence-corrected chi connectivity index (χ2v) is 5.69. The van der Waals surface area contributed by atoms with Gasteiger partial charge in [-0.25, -0.2) is 4.39 Å². The van der Waals surface area contributed by atoms with E-state index in [2.05, 4.69) is 13.8 Å². The van der Waals surface area contributed by atoms with Gasteiger partial charge in [-0.3, -0.25) is 0 Å². The molecule has 17 heavy (non-hydrogen) atoms. The highest BCUT2D eigenvalue weighted by Gasteiger charge is 2.38. The lowest BCUT2D eigenvalue weighted by Crippen LogP contribution is -2.43. The van der Waals surface area contributed by atoms with Gasteiger partial charge >= 0.3 is 0 Å². The minimum Gasteiger partial charge on any atom is -0.389 e. The van der Waals surface area contributed by atoms with Gasteiger partial charge in [-0.2, -0.15) is 0 Å². The van der Waals surface area contributed by atoms with Crippen LogP contribution in [0, 0.1) is 17.7 Å². The summed E-state index contributed by atoms with van der Waals surface area (Å²) in [7, 11) is 0. The zero-order valence-corrected chi connectivity index (χ0v) is 10.6. The lowest BCUT2D eigenvalue weighted by atomic mass is 9.69. The second-order valence-electron chi connectivity index (χ2n) is 5.69. The molecule has 0 spiro atoms. The zero-order valence-electron chi connectivity index (χ0n) is 10.6. The third kappa shape index (κ3) is 2.86. The molecule has 0 heterocycles. The van der Waals surface area contributed by atoms with Crippen LogP contribution in [0.15, 0.2) is 24.3 Å². The van der Waals surface area contributed by atoms with Gasteiger partial charge in [0.15, 0.2) is 0 Å². The fraction of sp³-hybridized carbons (Fsp3) is 0.600. The molecule has 0 aromatic heterocycles. The van der Waals surface area contributed by atoms with Gasteiger partial charge in [-0.1, -0.05) is 32.4 Å². The van der Waals surface area contributed by atoms with E-state index in [0.717, 1.165) is 18.4 Å². The van der Waals surface area contributed by atoms with E-state index in [4.69, 9.17) is 0 Å². The summed E-state index contributed by atoms with van der Waals surface area (Å²) in [6.07, 6.45) is 3.77. The number of hydrogen-bond donors (Lipinski definition) is 1. The summed E-state index contributed by atoms with van der Waals surface area (Å²) in [6, 6.07) is 6.49. The number of halogens is 1. The van der Waals surface area contributed by atoms with E-state index in [1.165, 1.54) is 18.6 Å². The van der Waals surface area contributed by atoms with Crippen LogP contribution in [-0.4, -0.2) is 10.7 Å². The number of benzene rings is 1. The molecular weight excluding hydrogens is 215 g/mol. The number of rotatable bonds is 2. The summed E-state index contributed by atoms with van der Waals surface area (Å²) in [5, 5.41) is 10.7. The van der Waals surface area contributed by atoms with Crippen LogP contribution in [0.1, 0.15) is 38.7 Å². The topological polar surface area (TPSA) is 20.2 Å². The van der Waals surface area contributed by atoms with Crippen LogP contribution in [0.5, 0.6) is 0 Å². The summed E-state index contributed by atoms with van der Waals surface area (Å²) < 4.78 is 12.8. The molecule has 1 aromatic carbocycles. The smallest absolute Gasteiger partial charge is 0.123 e. The molecule has 3 unspecified atom stereocenters. The Morgan fingerprint density at radius 2 is 1.88 bits per heavy atom. The predicted molar refractivity (Wildman–Crippen MR) is 67.2 cm³/mol. The fourth-order valence-electron chi connectivity index (χ4n) is 2.91. The maximum Gasteiger partial charge on any atom is 0.123 e. The Bertz CT molecular complexity index is 373. The van der Waals surface area contributed by atoms with Gasteiger partial charge in [0, 0.05) is 6.42 Å². The van der Waals surface area contributed by atoms with E-state index in [0.29, 0.717) is 18.3 Å². The molecule has 1 aliphatic carbocycles. The van der Waals surface area contributed by atoms with Crippen molar-refractivity contribution in [2.45, 2.75) is 45.1 Å². The van der Waals surface area contributed by atoms with Crippen LogP contribution < -0.4 is 0 Å². The molecule has 2 heteroatoms. The van der Waals surface area contributed by atoms with E-state index in [1.807, 2.05) is 0 Å². The summed E-state index contributed by atoms with van der Waals surface area (Å²) in [4.78, 5) is 0. The lowest BCUT2D eigenvalue weighted by Gasteiger charge is -2.41. The van der Waals surface area contributed by atoms with Crippen LogP contribution >= 0.6 is 0 Å². The van der Waals surface area contributed by atoms with Crippen molar-refractivity contribution in [3.8, 4) is 0 Å². The van der Waals surface area contributed by atoms with Crippen molar-refractivity contribution in [3.63, 3.8) is 0 Å². The van der Waals surface area contributed by atoms with Gasteiger partial charge in [-0.05, 0) is 42.4 Å². The summed E-state index contributed by atoms with van der Waals surface area (Å²) >= 11 is 0. The van der Waals surface area contributed by atoms with Gasteiger partial charge in [-0.15, -0.1) is 0 Å². The zero-order chi connectivity index (χ0) is 12.5. The van der Waals surface area contributed by atoms with E-state index in [-0.39, 0.29) is 5.82 Å². The van der Waals surface area contributed by atoms with Crippen molar-refractivity contribution in [3.05, 3.63) is 35.6 Å². The van der Waals surface area contributed by atoms with Crippen molar-refractivity contribution in [1.29, 1.82) is 0 Å². The largest absolute Gasteiger partial charge is 0.389 e. The quantitative estimate of drug-likeness (QED) is 0.832. The van der Waals surface area contributed by atoms with Crippen molar-refractivity contribution in [2.24, 2.45) is 11.8 Å². The SMILES string of the molecule is CC1CCC(C)C(O)(Cc2ccc(F)cc2)C1. The van der Waals surface area contributed by atoms with E-state index < -0.39 is 5.60 Å². The first-order chi connectivity index (χ1) is 7.99. The molecule has 0 amide bonds. The average Bonchev–Trinajstić information content (AvgIpc) is 2.27. The first-order valence-corrected chi connectivity index (χ1v) is 6.46. The molecular formula is C15H21FO. The maximum absolute atomic E-state index is 12.8. The molecule has 1 aliphatic rings. The van der Waals surface area contributed by atoms with Crippen LogP contribution in [0.3, 0.4) is 0 Å². The van der Waals surface area contributed by atoms with Crippen LogP contribution in [0.25, 0.3) is 0 Å². The summed E-state index contributed by atoms with van der Waals surface area (Å²) in [5.41, 5.74) is 0.407. The van der Waals surface area contributed by atoms with E-state index in [1.54, 1.807) is 12.1 Å². The highest BCUT2D eigenvalue weighted by Crippen LogP contribution is 2.38. The second kappa shape index (κ2) is 4.77. The Balaban J connectivity index is 2.12. The van der Waals surface area contributed by atoms with Crippen molar-refractivity contribution < 1.29 is 9.50 Å². The third-order valence-electron chi connectivity index (χ3n) is 4.14. The monoisotopic (exact) mass is 236 g/mol. The molecule has 94 valence electrons. The Morgan fingerprint density at radius 3 is 2.53 bits per heavy atom. The molecule has 1 N–H and O–H groups in total. The molecule has 0 radical (unpaired) electrons. The van der Waals surface area contributed by atoms with Gasteiger partial charge in [0.2, 0.25) is 0 Å². The molecule has 2 rings (SSSR count). The van der Waals surface area contributed by atoms with Gasteiger partial charge in [0.1, 0.15) is 5.82 Å². The van der Waals surface area contributed by atoms with Crippen molar-refractivity contribution in [1.82, 2.24) is 0 Å². The summed E-state index contributed by atoms with van der Waals surface area (Å²) in [5.74, 6) is 0.686. The molecule has 0 bridgehead atoms. The number of aliphatic hydroxyl groups is 1. The van der Waals surface area contributed by atoms with Gasteiger partial charge < -0.3 is 5.11 Å². The van der Waals surface area contributed by atoms with Crippen LogP contribution in [-0.2, 0) is 6.42 Å². The van der Waals surface area contributed by atoms with E-state index >= 15 is 0 Å². The highest BCUT2D eigenvalue weighted by atomic mass is 19.1. The number of hydrogen-bond acceptors (Lipinski definition) is 1. The maximum atomic E-state index is 12.8. The lowest BCUT2D eigenvalue weighted by molar-refractivity contribution is -0.0560. The average molecular weight is 236 g/mol. The highest BCUT2D eigenvalue weighted by molar-refractivity contribution is 5.19. The Morgan fingerprint density at radius 1 is 1.24 bits per heavy atom. The molecule has 0 saturated heterocycles. The standard InChI is InChI=1S/C15H21FO/c1-11-3-4-12(2)15(17,9-11)10-13-5-7-14(16)8-6-13/h5-8,11-12,17H,3-4,9-10H2,1-2H3. The Labute approximate surface area is 103 Å². The van der Waals surface area contributed by atoms with Crippen LogP contribution in [0.4, 0.5) is 4.39 Å². The molecule has 1 nitrogen and oxygen atoms in total. The molecule has 3 atom stereocenters. The summed E-state index contributed by atoms with van der Waals surface area (Å²) in [6.45, 7) is 4.32. The van der Waals surface area contributed by atoms with Crippen molar-refractivity contribution in [2.75, 3.05) is 0 Å². The Hall–Kier alpha value is -0.890. The van der Waals surface area contributed by atoms with Gasteiger partial charge in [0.05, 0.1) is 5.60 Å². The molecule has 1 saturated carbocycles. The van der Waals surface area contributed by atoms with E-state index in [9.17, 15) is 9.50 Å². The normalized spacial score (nSPS) is 33.6.